The molecular formula is C14H15ClN4O2. The maximum Gasteiger partial charge on any atom is 0.276 e. The number of benzene rings is 1. The molecule has 7 heteroatoms. The van der Waals surface area contributed by atoms with Crippen LogP contribution < -0.4 is 0 Å². The molecule has 2 heterocycles. The van der Waals surface area contributed by atoms with Crippen LogP contribution in [0.3, 0.4) is 0 Å². The van der Waals surface area contributed by atoms with Crippen molar-refractivity contribution in [2.75, 3.05) is 13.1 Å². The molecule has 21 heavy (non-hydrogen) atoms. The van der Waals surface area contributed by atoms with Crippen molar-refractivity contribution in [1.29, 1.82) is 0 Å². The Morgan fingerprint density at radius 1 is 1.48 bits per heavy atom. The van der Waals surface area contributed by atoms with Crippen molar-refractivity contribution in [3.05, 3.63) is 46.7 Å². The maximum absolute atomic E-state index is 12.2. The summed E-state index contributed by atoms with van der Waals surface area (Å²) in [7, 11) is 0. The minimum atomic E-state index is -0.435. The van der Waals surface area contributed by atoms with Gasteiger partial charge in [-0.3, -0.25) is 4.79 Å². The molecule has 1 N–H and O–H groups in total. The minimum Gasteiger partial charge on any atom is -0.391 e. The van der Waals surface area contributed by atoms with Crippen molar-refractivity contribution in [1.82, 2.24) is 19.9 Å². The lowest BCUT2D eigenvalue weighted by molar-refractivity contribution is 0.0759. The smallest absolute Gasteiger partial charge is 0.276 e. The Balaban J connectivity index is 1.70. The van der Waals surface area contributed by atoms with Gasteiger partial charge < -0.3 is 10.0 Å². The first kappa shape index (κ1) is 14.0. The number of aliphatic hydroxyl groups excluding tert-OH is 1. The second kappa shape index (κ2) is 5.83. The van der Waals surface area contributed by atoms with Crippen LogP contribution in [-0.2, 0) is 6.54 Å². The third-order valence-electron chi connectivity index (χ3n) is 3.44. The van der Waals surface area contributed by atoms with Gasteiger partial charge in [0, 0.05) is 18.1 Å². The number of carbonyl (C=O) groups excluding carboxylic acids is 1. The van der Waals surface area contributed by atoms with Gasteiger partial charge >= 0.3 is 0 Å². The highest BCUT2D eigenvalue weighted by Gasteiger charge is 2.27. The van der Waals surface area contributed by atoms with E-state index in [1.54, 1.807) is 21.8 Å². The molecule has 3 rings (SSSR count). The molecule has 1 aliphatic heterocycles. The Morgan fingerprint density at radius 2 is 2.33 bits per heavy atom. The summed E-state index contributed by atoms with van der Waals surface area (Å²) >= 11 is 5.94. The van der Waals surface area contributed by atoms with Crippen molar-refractivity contribution in [3.8, 4) is 0 Å². The second-order valence-corrected chi connectivity index (χ2v) is 5.56. The fourth-order valence-corrected chi connectivity index (χ4v) is 2.60. The third-order valence-corrected chi connectivity index (χ3v) is 3.68. The Hall–Kier alpha value is -1.92. The van der Waals surface area contributed by atoms with Gasteiger partial charge in [-0.1, -0.05) is 28.9 Å². The molecule has 1 atom stereocenters. The molecule has 1 aliphatic rings. The van der Waals surface area contributed by atoms with Crippen LogP contribution in [0.2, 0.25) is 5.02 Å². The number of halogens is 1. The second-order valence-electron chi connectivity index (χ2n) is 5.12. The van der Waals surface area contributed by atoms with Crippen molar-refractivity contribution in [2.24, 2.45) is 0 Å². The normalized spacial score (nSPS) is 18.2. The zero-order valence-corrected chi connectivity index (χ0v) is 12.1. The van der Waals surface area contributed by atoms with Gasteiger partial charge in [0.25, 0.3) is 5.91 Å². The quantitative estimate of drug-likeness (QED) is 0.924. The van der Waals surface area contributed by atoms with Crippen molar-refractivity contribution < 1.29 is 9.90 Å². The summed E-state index contributed by atoms with van der Waals surface area (Å²) in [6, 6.07) is 7.46. The molecule has 0 aliphatic carbocycles. The van der Waals surface area contributed by atoms with E-state index in [-0.39, 0.29) is 5.91 Å². The van der Waals surface area contributed by atoms with E-state index in [2.05, 4.69) is 10.3 Å². The Morgan fingerprint density at radius 3 is 3.05 bits per heavy atom. The zero-order valence-electron chi connectivity index (χ0n) is 11.3. The van der Waals surface area contributed by atoms with Crippen LogP contribution in [-0.4, -0.2) is 50.1 Å². The van der Waals surface area contributed by atoms with Crippen LogP contribution in [0.5, 0.6) is 0 Å². The molecule has 1 amide bonds. The number of carbonyl (C=O) groups is 1. The van der Waals surface area contributed by atoms with Gasteiger partial charge in [0.05, 0.1) is 18.8 Å². The summed E-state index contributed by atoms with van der Waals surface area (Å²) in [6.07, 6.45) is 1.80. The molecular weight excluding hydrogens is 292 g/mol. The molecule has 1 unspecified atom stereocenters. The van der Waals surface area contributed by atoms with E-state index in [9.17, 15) is 9.90 Å². The van der Waals surface area contributed by atoms with Gasteiger partial charge in [-0.05, 0) is 24.1 Å². The number of amides is 1. The average molecular weight is 307 g/mol. The van der Waals surface area contributed by atoms with E-state index in [1.165, 1.54) is 0 Å². The number of hydrogen-bond acceptors (Lipinski definition) is 4. The first-order valence-electron chi connectivity index (χ1n) is 6.74. The van der Waals surface area contributed by atoms with Crippen LogP contribution >= 0.6 is 11.6 Å². The monoisotopic (exact) mass is 306 g/mol. The number of nitrogens with zero attached hydrogens (tertiary/aromatic N) is 4. The van der Waals surface area contributed by atoms with E-state index in [1.807, 2.05) is 18.2 Å². The molecule has 110 valence electrons. The molecule has 6 nitrogen and oxygen atoms in total. The van der Waals surface area contributed by atoms with Crippen molar-refractivity contribution >= 4 is 17.5 Å². The summed E-state index contributed by atoms with van der Waals surface area (Å²) in [5, 5.41) is 18.0. The predicted octanol–water partition coefficient (Wildman–Crippen LogP) is 1.19. The highest BCUT2D eigenvalue weighted by atomic mass is 35.5. The van der Waals surface area contributed by atoms with Crippen LogP contribution in [0.1, 0.15) is 22.5 Å². The lowest BCUT2D eigenvalue weighted by Crippen LogP contribution is -2.29. The van der Waals surface area contributed by atoms with Crippen LogP contribution in [0.4, 0.5) is 0 Å². The lowest BCUT2D eigenvalue weighted by atomic mass is 10.2. The van der Waals surface area contributed by atoms with Crippen molar-refractivity contribution in [3.63, 3.8) is 0 Å². The largest absolute Gasteiger partial charge is 0.391 e. The molecule has 0 spiro atoms. The first-order chi connectivity index (χ1) is 10.1. The van der Waals surface area contributed by atoms with Crippen molar-refractivity contribution in [2.45, 2.75) is 19.1 Å². The highest BCUT2D eigenvalue weighted by molar-refractivity contribution is 6.30. The van der Waals surface area contributed by atoms with Gasteiger partial charge in [0.15, 0.2) is 5.69 Å². The summed E-state index contributed by atoms with van der Waals surface area (Å²) < 4.78 is 1.60. The maximum atomic E-state index is 12.2. The number of aliphatic hydroxyl groups is 1. The van der Waals surface area contributed by atoms with Crippen LogP contribution in [0.25, 0.3) is 0 Å². The van der Waals surface area contributed by atoms with Crippen LogP contribution in [0, 0.1) is 0 Å². The zero-order chi connectivity index (χ0) is 14.8. The Bertz CT molecular complexity index is 658. The molecule has 1 fully saturated rings. The summed E-state index contributed by atoms with van der Waals surface area (Å²) in [4.78, 5) is 13.8. The van der Waals surface area contributed by atoms with E-state index < -0.39 is 6.10 Å². The number of rotatable bonds is 3. The molecule has 0 saturated carbocycles. The molecule has 1 saturated heterocycles. The fraction of sp³-hybridized carbons (Fsp3) is 0.357. The fourth-order valence-electron chi connectivity index (χ4n) is 2.38. The molecule has 0 radical (unpaired) electrons. The number of likely N-dealkylation sites (tertiary alicyclic amines) is 1. The summed E-state index contributed by atoms with van der Waals surface area (Å²) in [6.45, 7) is 1.42. The van der Waals surface area contributed by atoms with Gasteiger partial charge in [0.2, 0.25) is 0 Å². The van der Waals surface area contributed by atoms with Gasteiger partial charge in [-0.15, -0.1) is 5.10 Å². The number of β-amino-alcohol motifs (C(OH)–C–C–N with tert-alkyl or cyclic N) is 1. The SMILES string of the molecule is O=C(c1cn(Cc2cccc(Cl)c2)nn1)N1CCC(O)C1. The minimum absolute atomic E-state index is 0.191. The van der Waals surface area contributed by atoms with E-state index in [0.717, 1.165) is 5.56 Å². The number of hydrogen-bond donors (Lipinski definition) is 1. The molecule has 0 bridgehead atoms. The van der Waals surface area contributed by atoms with Gasteiger partial charge in [-0.25, -0.2) is 4.68 Å². The van der Waals surface area contributed by atoms with E-state index in [4.69, 9.17) is 11.6 Å². The Kier molecular flexibility index (Phi) is 3.90. The highest BCUT2D eigenvalue weighted by Crippen LogP contribution is 2.14. The predicted molar refractivity (Wildman–Crippen MR) is 77.1 cm³/mol. The lowest BCUT2D eigenvalue weighted by Gasteiger charge is -2.12. The summed E-state index contributed by atoms with van der Waals surface area (Å²) in [5.74, 6) is -0.191. The molecule has 1 aromatic carbocycles. The standard InChI is InChI=1S/C14H15ClN4O2/c15-11-3-1-2-10(6-11)7-19-9-13(16-17-19)14(21)18-5-4-12(20)8-18/h1-3,6,9,12,20H,4-5,7-8H2. The Labute approximate surface area is 126 Å². The topological polar surface area (TPSA) is 71.2 Å². The van der Waals surface area contributed by atoms with Crippen LogP contribution in [0.15, 0.2) is 30.5 Å². The van der Waals surface area contributed by atoms with Gasteiger partial charge in [-0.2, -0.15) is 0 Å². The van der Waals surface area contributed by atoms with Gasteiger partial charge in [0.1, 0.15) is 0 Å². The first-order valence-corrected chi connectivity index (χ1v) is 7.11. The number of aromatic nitrogens is 3. The summed E-state index contributed by atoms with van der Waals surface area (Å²) in [5.41, 5.74) is 1.29. The van der Waals surface area contributed by atoms with E-state index in [0.29, 0.717) is 36.8 Å². The molecule has 2 aromatic rings. The third kappa shape index (κ3) is 3.22. The molecule has 1 aromatic heterocycles. The van der Waals surface area contributed by atoms with E-state index >= 15 is 0 Å². The average Bonchev–Trinajstić information content (AvgIpc) is 3.07.